The van der Waals surface area contributed by atoms with Gasteiger partial charge in [-0.1, -0.05) is 24.0 Å². The summed E-state index contributed by atoms with van der Waals surface area (Å²) in [6, 6.07) is 11.0. The lowest BCUT2D eigenvalue weighted by atomic mass is 9.95. The molecule has 35 heavy (non-hydrogen) atoms. The topological polar surface area (TPSA) is 102 Å². The summed E-state index contributed by atoms with van der Waals surface area (Å²) in [5.74, 6) is -0.480. The van der Waals surface area contributed by atoms with E-state index < -0.39 is 23.5 Å². The van der Waals surface area contributed by atoms with Gasteiger partial charge in [0.05, 0.1) is 53.7 Å². The number of carbonyl (C=O) groups is 2. The molecule has 9 nitrogen and oxygen atoms in total. The van der Waals surface area contributed by atoms with Gasteiger partial charge in [-0.05, 0) is 35.4 Å². The van der Waals surface area contributed by atoms with Crippen molar-refractivity contribution in [2.75, 3.05) is 60.7 Å². The van der Waals surface area contributed by atoms with Crippen LogP contribution in [0.15, 0.2) is 48.0 Å². The maximum absolute atomic E-state index is 13.6. The first-order valence-electron chi connectivity index (χ1n) is 11.5. The van der Waals surface area contributed by atoms with Gasteiger partial charge in [0.25, 0.3) is 5.91 Å². The number of morpholine rings is 1. The molecule has 9 heteroatoms. The molecule has 1 N–H and O–H groups in total. The predicted octanol–water partition coefficient (Wildman–Crippen LogP) is -0.148. The van der Waals surface area contributed by atoms with E-state index in [0.717, 1.165) is 13.1 Å². The molecule has 2 aromatic carbocycles. The molecule has 1 unspecified atom stereocenters. The zero-order chi connectivity index (χ0) is 24.9. The minimum Gasteiger partial charge on any atom is -0.872 e. The smallest absolute Gasteiger partial charge is 0.295 e. The van der Waals surface area contributed by atoms with E-state index >= 15 is 0 Å². The summed E-state index contributed by atoms with van der Waals surface area (Å²) in [5.41, 5.74) is 0.855. The van der Waals surface area contributed by atoms with Crippen molar-refractivity contribution in [1.29, 1.82) is 0 Å². The third-order valence-electron chi connectivity index (χ3n) is 6.51. The Morgan fingerprint density at radius 2 is 1.69 bits per heavy atom. The van der Waals surface area contributed by atoms with Crippen molar-refractivity contribution in [2.45, 2.75) is 6.04 Å². The molecule has 2 saturated heterocycles. The number of rotatable bonds is 8. The van der Waals surface area contributed by atoms with Crippen LogP contribution in [-0.2, 0) is 14.3 Å². The van der Waals surface area contributed by atoms with Crippen LogP contribution in [0.1, 0.15) is 17.2 Å². The van der Waals surface area contributed by atoms with Crippen molar-refractivity contribution in [3.63, 3.8) is 0 Å². The average molecular weight is 483 g/mol. The standard InChI is InChI=1S/C26H30N2O7/c1-32-19-7-4-17(5-8-19)23-22(24(29)18-6-9-20(33-2)21(16-18)34-3)25(30)26(31)28(23)11-10-27-12-14-35-15-13-27/h4-9,16,23,29H,10-15H2,1-3H3/b24-22+. The molecular weight excluding hydrogens is 452 g/mol. The largest absolute Gasteiger partial charge is 0.872 e. The van der Waals surface area contributed by atoms with E-state index in [1.165, 1.54) is 30.1 Å². The third-order valence-corrected chi connectivity index (χ3v) is 6.51. The SMILES string of the molecule is COc1ccc(C2/C(=C(\[O-])c3ccc(OC)c(OC)c3)C(=O)C(=O)N2CC[NH+]2CCOCC2)cc1. The van der Waals surface area contributed by atoms with Crippen molar-refractivity contribution in [1.82, 2.24) is 4.90 Å². The van der Waals surface area contributed by atoms with Crippen LogP contribution in [0.4, 0.5) is 0 Å². The van der Waals surface area contributed by atoms with Gasteiger partial charge in [0, 0.05) is 5.57 Å². The molecule has 186 valence electrons. The zero-order valence-corrected chi connectivity index (χ0v) is 20.2. The van der Waals surface area contributed by atoms with Gasteiger partial charge in [-0.15, -0.1) is 0 Å². The summed E-state index contributed by atoms with van der Waals surface area (Å²) in [6.07, 6.45) is 0. The highest BCUT2D eigenvalue weighted by molar-refractivity contribution is 6.46. The van der Waals surface area contributed by atoms with Crippen LogP contribution in [0.25, 0.3) is 5.76 Å². The summed E-state index contributed by atoms with van der Waals surface area (Å²) in [6.45, 7) is 4.01. The second-order valence-corrected chi connectivity index (χ2v) is 8.43. The first kappa shape index (κ1) is 24.6. The highest BCUT2D eigenvalue weighted by Crippen LogP contribution is 2.40. The minimum atomic E-state index is -0.790. The van der Waals surface area contributed by atoms with Crippen LogP contribution < -0.4 is 24.2 Å². The Morgan fingerprint density at radius 3 is 2.31 bits per heavy atom. The van der Waals surface area contributed by atoms with Gasteiger partial charge in [-0.3, -0.25) is 9.59 Å². The van der Waals surface area contributed by atoms with E-state index in [0.29, 0.717) is 49.1 Å². The molecule has 2 heterocycles. The van der Waals surface area contributed by atoms with Crippen LogP contribution in [-0.4, -0.2) is 77.3 Å². The maximum atomic E-state index is 13.6. The zero-order valence-electron chi connectivity index (χ0n) is 20.2. The highest BCUT2D eigenvalue weighted by Gasteiger charge is 2.44. The molecule has 0 aromatic heterocycles. The Bertz CT molecular complexity index is 1110. The fourth-order valence-electron chi connectivity index (χ4n) is 4.56. The Kier molecular flexibility index (Phi) is 7.57. The summed E-state index contributed by atoms with van der Waals surface area (Å²) in [7, 11) is 4.54. The number of amides is 1. The Morgan fingerprint density at radius 1 is 1.00 bits per heavy atom. The van der Waals surface area contributed by atoms with Crippen molar-refractivity contribution in [2.24, 2.45) is 0 Å². The van der Waals surface area contributed by atoms with Gasteiger partial charge in [0.1, 0.15) is 18.8 Å². The maximum Gasteiger partial charge on any atom is 0.295 e. The molecule has 0 saturated carbocycles. The normalized spacial score (nSPS) is 20.2. The van der Waals surface area contributed by atoms with E-state index in [1.807, 2.05) is 0 Å². The minimum absolute atomic E-state index is 0.0654. The molecule has 4 rings (SSSR count). The Hall–Kier alpha value is -3.56. The third kappa shape index (κ3) is 4.96. The van der Waals surface area contributed by atoms with Gasteiger partial charge in [0.2, 0.25) is 5.78 Å². The average Bonchev–Trinajstić information content (AvgIpc) is 3.16. The number of nitrogens with zero attached hydrogens (tertiary/aromatic N) is 1. The molecule has 2 fully saturated rings. The van der Waals surface area contributed by atoms with Crippen LogP contribution in [0.5, 0.6) is 17.2 Å². The molecule has 2 aliphatic rings. The van der Waals surface area contributed by atoms with Gasteiger partial charge >= 0.3 is 0 Å². The molecule has 0 aliphatic carbocycles. The number of quaternary nitrogens is 1. The van der Waals surface area contributed by atoms with E-state index in [4.69, 9.17) is 18.9 Å². The number of ketones is 1. The van der Waals surface area contributed by atoms with Crippen LogP contribution in [0, 0.1) is 0 Å². The molecule has 0 bridgehead atoms. The molecule has 0 spiro atoms. The number of hydrogen-bond donors (Lipinski definition) is 1. The number of carbonyl (C=O) groups excluding carboxylic acids is 2. The number of methoxy groups -OCH3 is 3. The summed E-state index contributed by atoms with van der Waals surface area (Å²) in [5, 5.41) is 13.6. The van der Waals surface area contributed by atoms with Gasteiger partial charge in [-0.2, -0.15) is 0 Å². The monoisotopic (exact) mass is 482 g/mol. The van der Waals surface area contributed by atoms with E-state index in [2.05, 4.69) is 0 Å². The van der Waals surface area contributed by atoms with Crippen molar-refractivity contribution in [3.8, 4) is 17.2 Å². The lowest BCUT2D eigenvalue weighted by Gasteiger charge is -2.30. The molecule has 1 atom stereocenters. The number of benzene rings is 2. The number of likely N-dealkylation sites (tertiary alicyclic amines) is 1. The summed E-state index contributed by atoms with van der Waals surface area (Å²) >= 11 is 0. The Balaban J connectivity index is 1.75. The number of Topliss-reactive ketones (excluding diaryl/α,β-unsaturated/α-hetero) is 1. The quantitative estimate of drug-likeness (QED) is 0.317. The van der Waals surface area contributed by atoms with Crippen LogP contribution in [0.2, 0.25) is 0 Å². The number of nitrogens with one attached hydrogen (secondary N) is 1. The lowest BCUT2D eigenvalue weighted by Crippen LogP contribution is -3.14. The summed E-state index contributed by atoms with van der Waals surface area (Å²) < 4.78 is 21.3. The van der Waals surface area contributed by atoms with Crippen molar-refractivity contribution in [3.05, 3.63) is 59.2 Å². The summed E-state index contributed by atoms with van der Waals surface area (Å²) in [4.78, 5) is 29.2. The molecular formula is C26H30N2O7. The number of ether oxygens (including phenoxy) is 4. The second-order valence-electron chi connectivity index (χ2n) is 8.43. The molecule has 1 amide bonds. The van der Waals surface area contributed by atoms with Crippen molar-refractivity contribution >= 4 is 17.4 Å². The Labute approximate surface area is 204 Å². The van der Waals surface area contributed by atoms with Crippen LogP contribution >= 0.6 is 0 Å². The second kappa shape index (κ2) is 10.8. The fourth-order valence-corrected chi connectivity index (χ4v) is 4.56. The molecule has 2 aliphatic heterocycles. The van der Waals surface area contributed by atoms with Gasteiger partial charge in [-0.25, -0.2) is 0 Å². The highest BCUT2D eigenvalue weighted by atomic mass is 16.5. The first-order valence-corrected chi connectivity index (χ1v) is 11.5. The van der Waals surface area contributed by atoms with Crippen molar-refractivity contribution < 1.29 is 38.5 Å². The van der Waals surface area contributed by atoms with Gasteiger partial charge < -0.3 is 33.9 Å². The van der Waals surface area contributed by atoms with E-state index in [-0.39, 0.29) is 11.1 Å². The molecule has 0 radical (unpaired) electrons. The number of hydrogen-bond acceptors (Lipinski definition) is 7. The fraction of sp³-hybridized carbons (Fsp3) is 0.385. The predicted molar refractivity (Wildman–Crippen MR) is 125 cm³/mol. The van der Waals surface area contributed by atoms with Gasteiger partial charge in [0.15, 0.2) is 11.5 Å². The first-order chi connectivity index (χ1) is 17.0. The lowest BCUT2D eigenvalue weighted by molar-refractivity contribution is -0.907. The van der Waals surface area contributed by atoms with E-state index in [1.54, 1.807) is 43.5 Å². The van der Waals surface area contributed by atoms with E-state index in [9.17, 15) is 14.7 Å². The van der Waals surface area contributed by atoms with Crippen LogP contribution in [0.3, 0.4) is 0 Å². The molecule has 2 aromatic rings.